The molecule has 0 aromatic heterocycles. The topological polar surface area (TPSA) is 96.4 Å². The van der Waals surface area contributed by atoms with E-state index in [0.29, 0.717) is 25.8 Å². The van der Waals surface area contributed by atoms with Gasteiger partial charge in [0.1, 0.15) is 23.2 Å². The normalized spacial score (nSPS) is 37.7. The van der Waals surface area contributed by atoms with Gasteiger partial charge in [-0.1, -0.05) is 38.2 Å². The summed E-state index contributed by atoms with van der Waals surface area (Å²) in [6.07, 6.45) is 10.0. The molecule has 34 heavy (non-hydrogen) atoms. The van der Waals surface area contributed by atoms with Gasteiger partial charge in [0.15, 0.2) is 0 Å². The van der Waals surface area contributed by atoms with E-state index in [1.165, 1.54) is 4.90 Å². The SMILES string of the molecule is CC[C@@H](CO)N1C(=O)[C@@H]2[C@H]3C(=O)OCCC/C=C\[C@@]3(CC)O[C@@]23C=CCN(C(C)(C)C)C(=O)C13. The lowest BCUT2D eigenvalue weighted by molar-refractivity contribution is -0.164. The van der Waals surface area contributed by atoms with Gasteiger partial charge in [-0.3, -0.25) is 14.4 Å². The fourth-order valence-corrected chi connectivity index (χ4v) is 6.22. The minimum absolute atomic E-state index is 0.227. The van der Waals surface area contributed by atoms with E-state index in [2.05, 4.69) is 0 Å². The van der Waals surface area contributed by atoms with E-state index < -0.39 is 46.6 Å². The van der Waals surface area contributed by atoms with Gasteiger partial charge >= 0.3 is 5.97 Å². The van der Waals surface area contributed by atoms with Crippen LogP contribution in [-0.2, 0) is 23.9 Å². The average molecular weight is 475 g/mol. The Balaban J connectivity index is 1.94. The summed E-state index contributed by atoms with van der Waals surface area (Å²) in [5, 5.41) is 10.2. The van der Waals surface area contributed by atoms with Crippen molar-refractivity contribution >= 4 is 17.8 Å². The molecule has 4 heterocycles. The highest BCUT2D eigenvalue weighted by molar-refractivity contribution is 5.99. The summed E-state index contributed by atoms with van der Waals surface area (Å²) in [6.45, 7) is 10.1. The van der Waals surface area contributed by atoms with Gasteiger partial charge in [-0.2, -0.15) is 0 Å². The maximum atomic E-state index is 14.2. The van der Waals surface area contributed by atoms with E-state index in [9.17, 15) is 19.5 Å². The number of cyclic esters (lactones) is 1. The zero-order chi connectivity index (χ0) is 24.9. The second-order valence-electron chi connectivity index (χ2n) is 10.8. The standard InChI is InChI=1S/C26H38N2O6/c1-6-17(16-29)28-20-22(31)27(24(3,4)5)14-11-13-26(20)18(21(28)30)19-23(32)33-15-10-8-9-12-25(19,7-2)34-26/h9,11-13,17-20,29H,6-8,10,14-16H2,1-5H3/b12-9-/t17-,18-,19-,20?,25+,26-/m0/s1. The number of likely N-dealkylation sites (tertiary alicyclic amines) is 1. The van der Waals surface area contributed by atoms with Crippen LogP contribution in [-0.4, -0.2) is 81.3 Å². The van der Waals surface area contributed by atoms with Crippen molar-refractivity contribution in [1.82, 2.24) is 9.80 Å². The number of hydrogen-bond donors (Lipinski definition) is 1. The monoisotopic (exact) mass is 474 g/mol. The van der Waals surface area contributed by atoms with Crippen molar-refractivity contribution in [1.29, 1.82) is 0 Å². The fraction of sp³-hybridized carbons (Fsp3) is 0.731. The molecule has 4 rings (SSSR count). The van der Waals surface area contributed by atoms with Gasteiger partial charge in [0.05, 0.1) is 25.2 Å². The van der Waals surface area contributed by atoms with Crippen molar-refractivity contribution in [2.24, 2.45) is 11.8 Å². The lowest BCUT2D eigenvalue weighted by Crippen LogP contribution is -2.61. The number of fused-ring (bicyclic) bond motifs is 2. The van der Waals surface area contributed by atoms with Crippen molar-refractivity contribution in [2.75, 3.05) is 19.8 Å². The highest BCUT2D eigenvalue weighted by atomic mass is 16.6. The molecule has 1 spiro atoms. The van der Waals surface area contributed by atoms with E-state index in [0.717, 1.165) is 6.42 Å². The zero-order valence-electron chi connectivity index (χ0n) is 21.0. The van der Waals surface area contributed by atoms with Crippen LogP contribution < -0.4 is 0 Å². The second-order valence-corrected chi connectivity index (χ2v) is 10.8. The number of aliphatic hydroxyl groups is 1. The summed E-state index contributed by atoms with van der Waals surface area (Å²) >= 11 is 0. The third kappa shape index (κ3) is 3.52. The largest absolute Gasteiger partial charge is 0.465 e. The maximum Gasteiger partial charge on any atom is 0.313 e. The molecule has 2 saturated heterocycles. The summed E-state index contributed by atoms with van der Waals surface area (Å²) in [5.74, 6) is -2.80. The molecule has 2 amide bonds. The summed E-state index contributed by atoms with van der Waals surface area (Å²) in [7, 11) is 0. The van der Waals surface area contributed by atoms with Gasteiger partial charge in [-0.25, -0.2) is 0 Å². The van der Waals surface area contributed by atoms with Gasteiger partial charge < -0.3 is 24.4 Å². The molecule has 0 saturated carbocycles. The Morgan fingerprint density at radius 2 is 1.85 bits per heavy atom. The van der Waals surface area contributed by atoms with Crippen molar-refractivity contribution in [3.8, 4) is 0 Å². The molecule has 0 aliphatic carbocycles. The predicted molar refractivity (Wildman–Crippen MR) is 126 cm³/mol. The third-order valence-electron chi connectivity index (χ3n) is 7.96. The lowest BCUT2D eigenvalue weighted by atomic mass is 9.73. The van der Waals surface area contributed by atoms with Gasteiger partial charge in [-0.05, 0) is 46.5 Å². The van der Waals surface area contributed by atoms with E-state index in [-0.39, 0.29) is 25.0 Å². The van der Waals surface area contributed by atoms with Crippen molar-refractivity contribution in [2.45, 2.75) is 89.1 Å². The van der Waals surface area contributed by atoms with E-state index in [1.807, 2.05) is 58.9 Å². The number of carbonyl (C=O) groups is 3. The van der Waals surface area contributed by atoms with Gasteiger partial charge in [0.25, 0.3) is 0 Å². The first kappa shape index (κ1) is 24.9. The van der Waals surface area contributed by atoms with E-state index in [4.69, 9.17) is 9.47 Å². The van der Waals surface area contributed by atoms with Crippen molar-refractivity contribution in [3.63, 3.8) is 0 Å². The number of aliphatic hydroxyl groups excluding tert-OH is 1. The number of nitrogens with zero attached hydrogens (tertiary/aromatic N) is 2. The van der Waals surface area contributed by atoms with Crippen LogP contribution in [0.15, 0.2) is 24.3 Å². The molecule has 0 bridgehead atoms. The minimum atomic E-state index is -1.32. The average Bonchev–Trinajstić information content (AvgIpc) is 3.16. The highest BCUT2D eigenvalue weighted by Gasteiger charge is 2.76. The Hall–Kier alpha value is -2.19. The molecule has 1 unspecified atom stereocenters. The molecular weight excluding hydrogens is 436 g/mol. The van der Waals surface area contributed by atoms with E-state index >= 15 is 0 Å². The molecule has 188 valence electrons. The lowest BCUT2D eigenvalue weighted by Gasteiger charge is -2.43. The first-order valence-corrected chi connectivity index (χ1v) is 12.5. The molecule has 8 heteroatoms. The first-order chi connectivity index (χ1) is 16.1. The molecule has 4 aliphatic rings. The summed E-state index contributed by atoms with van der Waals surface area (Å²) in [4.78, 5) is 45.0. The van der Waals surface area contributed by atoms with E-state index in [1.54, 1.807) is 4.90 Å². The first-order valence-electron chi connectivity index (χ1n) is 12.5. The molecule has 0 radical (unpaired) electrons. The number of hydrogen-bond acceptors (Lipinski definition) is 6. The van der Waals surface area contributed by atoms with Crippen LogP contribution in [0.3, 0.4) is 0 Å². The summed E-state index contributed by atoms with van der Waals surface area (Å²) < 4.78 is 12.5. The van der Waals surface area contributed by atoms with Gasteiger partial charge in [0, 0.05) is 12.1 Å². The summed E-state index contributed by atoms with van der Waals surface area (Å²) in [5.41, 5.74) is -2.85. The molecule has 6 atom stereocenters. The van der Waals surface area contributed by atoms with Crippen LogP contribution in [0.2, 0.25) is 0 Å². The second kappa shape index (κ2) is 8.79. The van der Waals surface area contributed by atoms with Crippen molar-refractivity contribution in [3.05, 3.63) is 24.3 Å². The predicted octanol–water partition coefficient (Wildman–Crippen LogP) is 2.21. The quantitative estimate of drug-likeness (QED) is 0.496. The Morgan fingerprint density at radius 1 is 1.12 bits per heavy atom. The Kier molecular flexibility index (Phi) is 6.44. The van der Waals surface area contributed by atoms with Crippen LogP contribution in [0.5, 0.6) is 0 Å². The maximum absolute atomic E-state index is 14.2. The molecule has 8 nitrogen and oxygen atoms in total. The number of esters is 1. The number of allylic oxidation sites excluding steroid dienone is 1. The van der Waals surface area contributed by atoms with Gasteiger partial charge in [0.2, 0.25) is 11.8 Å². The summed E-state index contributed by atoms with van der Waals surface area (Å²) in [6, 6.07) is -1.53. The zero-order valence-corrected chi connectivity index (χ0v) is 21.0. The van der Waals surface area contributed by atoms with Crippen LogP contribution >= 0.6 is 0 Å². The van der Waals surface area contributed by atoms with Gasteiger partial charge in [-0.15, -0.1) is 0 Å². The minimum Gasteiger partial charge on any atom is -0.465 e. The van der Waals surface area contributed by atoms with Crippen LogP contribution in [0.25, 0.3) is 0 Å². The number of rotatable bonds is 4. The number of amides is 2. The van der Waals surface area contributed by atoms with Crippen LogP contribution in [0.4, 0.5) is 0 Å². The Bertz CT molecular complexity index is 903. The fourth-order valence-electron chi connectivity index (χ4n) is 6.22. The molecular formula is C26H38N2O6. The number of carbonyl (C=O) groups excluding carboxylic acids is 3. The number of ether oxygens (including phenoxy) is 2. The molecule has 0 aromatic carbocycles. The smallest absolute Gasteiger partial charge is 0.313 e. The van der Waals surface area contributed by atoms with Crippen molar-refractivity contribution < 1.29 is 29.0 Å². The van der Waals surface area contributed by atoms with Crippen LogP contribution in [0, 0.1) is 11.8 Å². The third-order valence-corrected chi connectivity index (χ3v) is 7.96. The Morgan fingerprint density at radius 3 is 2.47 bits per heavy atom. The molecule has 0 aromatic rings. The molecule has 2 fully saturated rings. The van der Waals surface area contributed by atoms with Crippen LogP contribution in [0.1, 0.15) is 60.3 Å². The molecule has 4 aliphatic heterocycles. The molecule has 1 N–H and O–H groups in total. The highest BCUT2D eigenvalue weighted by Crippen LogP contribution is 2.58. The Labute approximate surface area is 201 Å².